The molecule has 0 amide bonds. The zero-order valence-corrected chi connectivity index (χ0v) is 16.4. The number of nitro benzene ring substituents is 3. The number of ether oxygens (including phenoxy) is 1. The lowest BCUT2D eigenvalue weighted by atomic mass is 10.2. The average molecular weight is 439 g/mol. The fraction of sp³-hybridized carbons (Fsp3) is 0.462. The van der Waals surface area contributed by atoms with Crippen molar-refractivity contribution in [2.45, 2.75) is 23.2 Å². The van der Waals surface area contributed by atoms with Crippen LogP contribution in [-0.2, 0) is 24.5 Å². The van der Waals surface area contributed by atoms with Crippen molar-refractivity contribution in [1.82, 2.24) is 0 Å². The predicted octanol–water partition coefficient (Wildman–Crippen LogP) is 1.28. The highest BCUT2D eigenvalue weighted by molar-refractivity contribution is 8.10. The van der Waals surface area contributed by atoms with E-state index in [1.165, 1.54) is 12.8 Å². The van der Waals surface area contributed by atoms with Gasteiger partial charge < -0.3 is 9.29 Å². The average Bonchev–Trinajstić information content (AvgIpc) is 3.07. The number of benzene rings is 1. The molecule has 1 unspecified atom stereocenters. The minimum absolute atomic E-state index is 0.164. The first-order chi connectivity index (χ1) is 12.7. The van der Waals surface area contributed by atoms with Gasteiger partial charge in [0.25, 0.3) is 5.69 Å². The van der Waals surface area contributed by atoms with Crippen molar-refractivity contribution in [3.63, 3.8) is 0 Å². The lowest BCUT2D eigenvalue weighted by Gasteiger charge is -2.14. The Morgan fingerprint density at radius 1 is 1.07 bits per heavy atom. The molecule has 156 valence electrons. The molecular formula is C13H17N3O10S2. The number of nitrogens with zero attached hydrogens (tertiary/aromatic N) is 3. The molecule has 0 saturated carbocycles. The molecule has 1 aromatic carbocycles. The molecule has 15 heteroatoms. The van der Waals surface area contributed by atoms with Crippen molar-refractivity contribution in [2.24, 2.45) is 0 Å². The predicted molar refractivity (Wildman–Crippen MR) is 99.7 cm³/mol. The molecule has 1 aliphatic heterocycles. The lowest BCUT2D eigenvalue weighted by molar-refractivity contribution is -0.407. The van der Waals surface area contributed by atoms with E-state index in [1.54, 1.807) is 0 Å². The smallest absolute Gasteiger partial charge is 0.300 e. The van der Waals surface area contributed by atoms with Crippen molar-refractivity contribution in [3.05, 3.63) is 42.5 Å². The maximum atomic E-state index is 10.8. The molecule has 13 nitrogen and oxygen atoms in total. The maximum absolute atomic E-state index is 10.8. The summed E-state index contributed by atoms with van der Waals surface area (Å²) in [6.45, 7) is 0.955. The normalized spacial score (nSPS) is 16.8. The standard InChI is InChI=1S/C7H15OS.C6H3N3O9S/c1-9(2,3)7-5-4-6-8-7;10-7(11)3-1-4(8(12)13)6(19(16,17)18)5(2-3)9(14)15/h7H,1,4-6H2,2-3H3;1-2H,(H,16,17,18)/q+1;/p-1. The molecule has 1 aliphatic rings. The van der Waals surface area contributed by atoms with E-state index in [0.717, 1.165) is 6.61 Å². The van der Waals surface area contributed by atoms with Crippen LogP contribution in [0.3, 0.4) is 0 Å². The molecule has 0 bridgehead atoms. The van der Waals surface area contributed by atoms with Crippen LogP contribution in [-0.4, -0.2) is 58.2 Å². The Bertz CT molecular complexity index is 912. The van der Waals surface area contributed by atoms with Crippen LogP contribution in [0.25, 0.3) is 0 Å². The van der Waals surface area contributed by atoms with E-state index in [0.29, 0.717) is 5.44 Å². The van der Waals surface area contributed by atoms with Crippen LogP contribution in [0, 0.1) is 30.3 Å². The Morgan fingerprint density at radius 2 is 1.54 bits per heavy atom. The molecule has 0 N–H and O–H groups in total. The van der Waals surface area contributed by atoms with Crippen LogP contribution in [0.1, 0.15) is 12.8 Å². The van der Waals surface area contributed by atoms with E-state index in [1.807, 2.05) is 0 Å². The highest BCUT2D eigenvalue weighted by Gasteiger charge is 2.34. The van der Waals surface area contributed by atoms with Crippen molar-refractivity contribution < 1.29 is 32.5 Å². The van der Waals surface area contributed by atoms with E-state index < -0.39 is 56.5 Å². The molecular weight excluding hydrogens is 422 g/mol. The van der Waals surface area contributed by atoms with Gasteiger partial charge >= 0.3 is 11.4 Å². The molecule has 1 heterocycles. The number of rotatable bonds is 5. The summed E-state index contributed by atoms with van der Waals surface area (Å²) >= 11 is 0. The Morgan fingerprint density at radius 3 is 1.75 bits per heavy atom. The molecule has 0 spiro atoms. The van der Waals surface area contributed by atoms with Gasteiger partial charge in [-0.15, -0.1) is 9.62 Å². The van der Waals surface area contributed by atoms with Gasteiger partial charge in [0, 0.05) is 12.3 Å². The highest BCUT2D eigenvalue weighted by Crippen LogP contribution is 2.36. The summed E-state index contributed by atoms with van der Waals surface area (Å²) in [4.78, 5) is 25.8. The molecule has 0 radical (unpaired) electrons. The van der Waals surface area contributed by atoms with Gasteiger partial charge in [-0.25, -0.2) is 8.42 Å². The van der Waals surface area contributed by atoms with E-state index in [9.17, 15) is 43.3 Å². The van der Waals surface area contributed by atoms with Gasteiger partial charge in [0.15, 0.2) is 5.44 Å². The number of hydrogen-bond acceptors (Lipinski definition) is 10. The zero-order chi connectivity index (χ0) is 21.9. The second-order valence-corrected chi connectivity index (χ2v) is 11.2. The van der Waals surface area contributed by atoms with Gasteiger partial charge in [0.2, 0.25) is 4.90 Å². The van der Waals surface area contributed by atoms with Crippen LogP contribution in [0.4, 0.5) is 17.1 Å². The Hall–Kier alpha value is -2.49. The first-order valence-electron chi connectivity index (χ1n) is 7.40. The lowest BCUT2D eigenvalue weighted by Crippen LogP contribution is -2.24. The summed E-state index contributed by atoms with van der Waals surface area (Å²) in [5, 5.41) is 31.6. The third-order valence-corrected chi connectivity index (χ3v) is 6.20. The fourth-order valence-electron chi connectivity index (χ4n) is 2.27. The van der Waals surface area contributed by atoms with Crippen molar-refractivity contribution in [3.8, 4) is 0 Å². The monoisotopic (exact) mass is 439 g/mol. The van der Waals surface area contributed by atoms with Gasteiger partial charge in [-0.3, -0.25) is 30.3 Å². The van der Waals surface area contributed by atoms with Gasteiger partial charge in [-0.1, -0.05) is 0 Å². The first-order valence-corrected chi connectivity index (χ1v) is 11.5. The Labute approximate surface area is 160 Å². The number of nitro groups is 3. The summed E-state index contributed by atoms with van der Waals surface area (Å²) in [7, 11) is -6.23. The first kappa shape index (κ1) is 23.5. The summed E-state index contributed by atoms with van der Waals surface area (Å²) in [6, 6.07) is 0.329. The largest absolute Gasteiger partial charge is 0.744 e. The number of hydrogen-bond donors (Lipinski definition) is 0. The van der Waals surface area contributed by atoms with Gasteiger partial charge in [-0.2, -0.15) is 0 Å². The van der Waals surface area contributed by atoms with Crippen molar-refractivity contribution >= 4 is 42.7 Å². The molecule has 1 aromatic rings. The van der Waals surface area contributed by atoms with Crippen molar-refractivity contribution in [1.29, 1.82) is 0 Å². The van der Waals surface area contributed by atoms with Crippen LogP contribution < -0.4 is 0 Å². The molecule has 0 aliphatic carbocycles. The third kappa shape index (κ3) is 6.01. The molecule has 28 heavy (non-hydrogen) atoms. The molecule has 1 saturated heterocycles. The number of non-ortho nitro benzene ring substituents is 1. The zero-order valence-electron chi connectivity index (χ0n) is 14.8. The van der Waals surface area contributed by atoms with Crippen LogP contribution in [0.2, 0.25) is 0 Å². The van der Waals surface area contributed by atoms with E-state index in [2.05, 4.69) is 18.4 Å². The second kappa shape index (κ2) is 8.68. The van der Waals surface area contributed by atoms with E-state index in [-0.39, 0.29) is 12.1 Å². The van der Waals surface area contributed by atoms with Crippen LogP contribution in [0.5, 0.6) is 0 Å². The minimum Gasteiger partial charge on any atom is -0.744 e. The SMILES string of the molecule is C=[S+](C)(C)C1CCCO1.O=[N+]([O-])c1cc([N+](=O)[O-])c(S(=O)(=O)[O-])c([N+](=O)[O-])c1. The quantitative estimate of drug-likeness (QED) is 0.212. The van der Waals surface area contributed by atoms with Crippen molar-refractivity contribution in [2.75, 3.05) is 19.1 Å². The Kier molecular flexibility index (Phi) is 7.30. The van der Waals surface area contributed by atoms with Gasteiger partial charge in [0.1, 0.15) is 10.1 Å². The maximum Gasteiger partial charge on any atom is 0.300 e. The van der Waals surface area contributed by atoms with Crippen LogP contribution >= 0.6 is 0 Å². The fourth-order valence-corrected chi connectivity index (χ4v) is 4.32. The molecule has 2 rings (SSSR count). The topological polar surface area (TPSA) is 196 Å². The second-order valence-electron chi connectivity index (χ2n) is 6.10. The molecule has 1 atom stereocenters. The summed E-state index contributed by atoms with van der Waals surface area (Å²) in [5.74, 6) is 4.11. The van der Waals surface area contributed by atoms with E-state index in [4.69, 9.17) is 4.74 Å². The Balaban J connectivity index is 0.000000362. The van der Waals surface area contributed by atoms with Gasteiger partial charge in [-0.05, 0) is 6.42 Å². The van der Waals surface area contributed by atoms with Gasteiger partial charge in [0.05, 0.1) is 46.0 Å². The third-order valence-electron chi connectivity index (χ3n) is 3.49. The highest BCUT2D eigenvalue weighted by atomic mass is 32.2. The molecule has 0 aromatic heterocycles. The summed E-state index contributed by atoms with van der Waals surface area (Å²) in [5.41, 5.74) is -3.63. The minimum atomic E-state index is -5.55. The van der Waals surface area contributed by atoms with Crippen LogP contribution in [0.15, 0.2) is 17.0 Å². The summed E-state index contributed by atoms with van der Waals surface area (Å²) in [6.07, 6.45) is 6.88. The van der Waals surface area contributed by atoms with E-state index >= 15 is 0 Å². The molecule has 1 fully saturated rings. The summed E-state index contributed by atoms with van der Waals surface area (Å²) < 4.78 is 38.0.